The molecule has 1 fully saturated rings. The van der Waals surface area contributed by atoms with Crippen LogP contribution in [0.3, 0.4) is 0 Å². The van der Waals surface area contributed by atoms with Gasteiger partial charge in [-0.05, 0) is 29.3 Å². The molecule has 2 aromatic carbocycles. The van der Waals surface area contributed by atoms with Crippen molar-refractivity contribution in [1.29, 1.82) is 0 Å². The van der Waals surface area contributed by atoms with Gasteiger partial charge in [0, 0.05) is 4.88 Å². The van der Waals surface area contributed by atoms with Gasteiger partial charge >= 0.3 is 0 Å². The Morgan fingerprint density at radius 2 is 1.35 bits per heavy atom. The molecule has 1 aliphatic heterocycles. The van der Waals surface area contributed by atoms with Gasteiger partial charge in [0.25, 0.3) is 4.67 Å². The van der Waals surface area contributed by atoms with Crippen LogP contribution in [0.2, 0.25) is 0 Å². The monoisotopic (exact) mass is 459 g/mol. The molecule has 1 aliphatic rings. The van der Waals surface area contributed by atoms with E-state index in [1.807, 2.05) is 17.4 Å². The Kier molecular flexibility index (Phi) is 8.51. The molecule has 0 aliphatic carbocycles. The molecule has 0 amide bonds. The normalized spacial score (nSPS) is 14.3. The van der Waals surface area contributed by atoms with E-state index in [0.717, 1.165) is 26.3 Å². The first-order valence-electron chi connectivity index (χ1n) is 9.60. The largest absolute Gasteiger partial charge is 0.368 e. The van der Waals surface area contributed by atoms with Crippen molar-refractivity contribution in [2.45, 2.75) is 0 Å². The van der Waals surface area contributed by atoms with Crippen molar-refractivity contribution in [2.24, 2.45) is 0 Å². The number of benzene rings is 2. The average Bonchev–Trinajstić information content (AvgIpc) is 2.78. The number of hydrogen-bond acceptors (Lipinski definition) is 6. The summed E-state index contributed by atoms with van der Waals surface area (Å²) in [6.45, 7) is 3.49. The fraction of sp³-hybridized carbons (Fsp3) is 0.174. The standard InChI is InChI=1S/C23H22NOS.ClHO4/c1-3-7-19(8-4-1)11-12-21-13-14-22(20-9-5-2-6-10-20)23(26-21)24-15-17-25-18-16-24;2-1(3,4)5/h1-14H,15-18H2;(H,2,3,4,5)/q+1;/p-1. The Labute approximate surface area is 187 Å². The minimum atomic E-state index is -4.94. The van der Waals surface area contributed by atoms with Gasteiger partial charge in [-0.15, -0.1) is 10.2 Å². The van der Waals surface area contributed by atoms with E-state index in [4.69, 9.17) is 23.4 Å². The van der Waals surface area contributed by atoms with Crippen molar-refractivity contribution in [2.75, 3.05) is 26.3 Å². The third-order valence-electron chi connectivity index (χ3n) is 4.48. The molecule has 0 N–H and O–H groups in total. The SMILES string of the molecule is C(=Cc1ccc(-c2ccccc2)c(=[N+]2CCOCC2)s1)c1ccccc1.[O-][Cl+3]([O-])([O-])[O-]. The quantitative estimate of drug-likeness (QED) is 0.497. The van der Waals surface area contributed by atoms with E-state index in [1.165, 1.54) is 26.2 Å². The lowest BCUT2D eigenvalue weighted by atomic mass is 10.1. The molecule has 0 spiro atoms. The minimum absolute atomic E-state index is 0.797. The lowest BCUT2D eigenvalue weighted by Crippen LogP contribution is -2.68. The van der Waals surface area contributed by atoms with E-state index in [1.54, 1.807) is 0 Å². The molecule has 4 rings (SSSR count). The zero-order valence-corrected chi connectivity index (χ0v) is 18.3. The highest BCUT2D eigenvalue weighted by Crippen LogP contribution is 2.19. The van der Waals surface area contributed by atoms with Gasteiger partial charge in [0.15, 0.2) is 13.1 Å². The van der Waals surface area contributed by atoms with Crippen LogP contribution in [0, 0.1) is 10.2 Å². The summed E-state index contributed by atoms with van der Waals surface area (Å²) >= 11 is 1.85. The maximum absolute atomic E-state index is 8.49. The first-order chi connectivity index (χ1) is 14.9. The van der Waals surface area contributed by atoms with Crippen LogP contribution in [-0.4, -0.2) is 26.3 Å². The van der Waals surface area contributed by atoms with Gasteiger partial charge in [-0.25, -0.2) is 23.2 Å². The molecule has 6 nitrogen and oxygen atoms in total. The molecule has 0 radical (unpaired) electrons. The van der Waals surface area contributed by atoms with Gasteiger partial charge in [-0.2, -0.15) is 0 Å². The van der Waals surface area contributed by atoms with Crippen molar-refractivity contribution in [3.63, 3.8) is 0 Å². The van der Waals surface area contributed by atoms with E-state index in [0.29, 0.717) is 0 Å². The number of morpholine rings is 1. The van der Waals surface area contributed by atoms with Gasteiger partial charge in [0.05, 0.1) is 5.56 Å². The summed E-state index contributed by atoms with van der Waals surface area (Å²) in [4.78, 5) is 1.26. The lowest BCUT2D eigenvalue weighted by molar-refractivity contribution is -2.00. The van der Waals surface area contributed by atoms with Crippen LogP contribution in [-0.2, 0) is 4.74 Å². The van der Waals surface area contributed by atoms with E-state index in [2.05, 4.69) is 83.5 Å². The molecule has 0 bridgehead atoms. The van der Waals surface area contributed by atoms with Gasteiger partial charge in [-0.1, -0.05) is 78.1 Å². The van der Waals surface area contributed by atoms with Crippen LogP contribution in [0.4, 0.5) is 0 Å². The van der Waals surface area contributed by atoms with Crippen LogP contribution in [0.1, 0.15) is 10.4 Å². The van der Waals surface area contributed by atoms with E-state index in [-0.39, 0.29) is 0 Å². The Morgan fingerprint density at radius 1 is 0.774 bits per heavy atom. The highest BCUT2D eigenvalue weighted by Gasteiger charge is 2.16. The second-order valence-electron chi connectivity index (χ2n) is 6.64. The fourth-order valence-corrected chi connectivity index (χ4v) is 4.21. The summed E-state index contributed by atoms with van der Waals surface area (Å²) in [5, 5.41) is 0. The molecule has 1 saturated heterocycles. The smallest absolute Gasteiger partial charge is 0.264 e. The number of hydrogen-bond donors (Lipinski definition) is 0. The van der Waals surface area contributed by atoms with Crippen LogP contribution < -0.4 is 27.9 Å². The lowest BCUT2D eigenvalue weighted by Gasteiger charge is -2.17. The molecule has 31 heavy (non-hydrogen) atoms. The van der Waals surface area contributed by atoms with E-state index in [9.17, 15) is 0 Å². The Hall–Kier alpha value is -2.36. The molecule has 3 aromatic rings. The molecule has 0 saturated carbocycles. The zero-order chi connectivity index (χ0) is 22.1. The van der Waals surface area contributed by atoms with E-state index < -0.39 is 10.2 Å². The maximum atomic E-state index is 8.49. The van der Waals surface area contributed by atoms with Crippen molar-refractivity contribution in [1.82, 2.24) is 4.58 Å². The first-order valence-corrected chi connectivity index (χ1v) is 11.7. The molecule has 0 unspecified atom stereocenters. The topological polar surface area (TPSA) is 104 Å². The molecule has 162 valence electrons. The number of rotatable bonds is 3. The van der Waals surface area contributed by atoms with Crippen molar-refractivity contribution in [3.8, 4) is 11.1 Å². The highest BCUT2D eigenvalue weighted by atomic mass is 35.7. The van der Waals surface area contributed by atoms with Crippen LogP contribution in [0.25, 0.3) is 23.3 Å². The Bertz CT molecular complexity index is 1050. The number of halogens is 1. The minimum Gasteiger partial charge on any atom is -0.368 e. The molecular formula is C23H22ClNO5S. The van der Waals surface area contributed by atoms with Gasteiger partial charge in [0.2, 0.25) is 0 Å². The highest BCUT2D eigenvalue weighted by molar-refractivity contribution is 7.10. The molecular weight excluding hydrogens is 438 g/mol. The summed E-state index contributed by atoms with van der Waals surface area (Å²) in [5.41, 5.74) is 3.79. The predicted molar refractivity (Wildman–Crippen MR) is 111 cm³/mol. The second kappa shape index (κ2) is 11.3. The third kappa shape index (κ3) is 8.01. The number of nitrogens with zero attached hydrogens (tertiary/aromatic N) is 1. The summed E-state index contributed by atoms with van der Waals surface area (Å²) in [6, 6.07) is 25.6. The van der Waals surface area contributed by atoms with Gasteiger partial charge in [0.1, 0.15) is 13.2 Å². The van der Waals surface area contributed by atoms with Crippen molar-refractivity contribution >= 4 is 23.5 Å². The third-order valence-corrected chi connectivity index (χ3v) is 5.66. The summed E-state index contributed by atoms with van der Waals surface area (Å²) < 4.78 is 43.3. The van der Waals surface area contributed by atoms with Crippen molar-refractivity contribution in [3.05, 3.63) is 87.9 Å². The average molecular weight is 460 g/mol. The second-order valence-corrected chi connectivity index (χ2v) is 8.46. The fourth-order valence-electron chi connectivity index (χ4n) is 3.11. The van der Waals surface area contributed by atoms with Gasteiger partial charge in [-0.3, -0.25) is 0 Å². The summed E-state index contributed by atoms with van der Waals surface area (Å²) in [5.74, 6) is 0. The summed E-state index contributed by atoms with van der Waals surface area (Å²) in [6.07, 6.45) is 4.38. The first kappa shape index (κ1) is 23.3. The zero-order valence-electron chi connectivity index (χ0n) is 16.7. The molecule has 1 aromatic heterocycles. The van der Waals surface area contributed by atoms with Crippen LogP contribution in [0.15, 0.2) is 72.8 Å². The van der Waals surface area contributed by atoms with E-state index >= 15 is 0 Å². The number of ether oxygens (including phenoxy) is 1. The maximum Gasteiger partial charge on any atom is 0.264 e. The summed E-state index contributed by atoms with van der Waals surface area (Å²) in [7, 11) is -4.94. The van der Waals surface area contributed by atoms with Gasteiger partial charge < -0.3 is 4.74 Å². The van der Waals surface area contributed by atoms with Crippen molar-refractivity contribution < 1.29 is 33.6 Å². The molecule has 0 atom stereocenters. The Balaban J connectivity index is 0.000000491. The van der Waals surface area contributed by atoms with Crippen LogP contribution in [0.5, 0.6) is 0 Å². The predicted octanol–water partition coefficient (Wildman–Crippen LogP) is -0.368. The Morgan fingerprint density at radius 3 is 1.97 bits per heavy atom. The van der Waals surface area contributed by atoms with Crippen LogP contribution >= 0.6 is 11.3 Å². The molecule has 8 heteroatoms. The molecule has 2 heterocycles.